The quantitative estimate of drug-likeness (QED) is 0.855. The van der Waals surface area contributed by atoms with E-state index in [4.69, 9.17) is 18.0 Å². The van der Waals surface area contributed by atoms with Crippen LogP contribution in [0, 0.1) is 0 Å². The van der Waals surface area contributed by atoms with Crippen LogP contribution in [0.25, 0.3) is 10.9 Å². The molecule has 0 saturated heterocycles. The van der Waals surface area contributed by atoms with Crippen LogP contribution in [0.4, 0.5) is 0 Å². The Hall–Kier alpha value is -2.01. The normalized spacial score (nSPS) is 16.8. The molecule has 1 saturated carbocycles. The number of pyridine rings is 1. The number of para-hydroxylation sites is 1. The molecule has 1 aromatic heterocycles. The number of carbonyl (C=O) groups excluding carboxylic acids is 1. The van der Waals surface area contributed by atoms with Gasteiger partial charge >= 0.3 is 0 Å². The molecule has 5 heteroatoms. The Kier molecular flexibility index (Phi) is 3.59. The lowest BCUT2D eigenvalue weighted by Crippen LogP contribution is -2.54. The lowest BCUT2D eigenvalue weighted by Gasteiger charge is -2.29. The van der Waals surface area contributed by atoms with E-state index < -0.39 is 5.54 Å². The van der Waals surface area contributed by atoms with Crippen LogP contribution in [-0.2, 0) is 0 Å². The van der Waals surface area contributed by atoms with Crippen molar-refractivity contribution >= 4 is 34.0 Å². The van der Waals surface area contributed by atoms with Gasteiger partial charge in [0, 0.05) is 11.6 Å². The third-order valence-electron chi connectivity index (χ3n) is 4.16. The molecular weight excluding hydrogens is 282 g/mol. The van der Waals surface area contributed by atoms with E-state index in [9.17, 15) is 4.79 Å². The van der Waals surface area contributed by atoms with Crippen LogP contribution in [0.3, 0.4) is 0 Å². The summed E-state index contributed by atoms with van der Waals surface area (Å²) in [6.45, 7) is 0. The topological polar surface area (TPSA) is 68.0 Å². The molecule has 21 heavy (non-hydrogen) atoms. The number of hydrogen-bond acceptors (Lipinski definition) is 3. The Morgan fingerprint density at radius 1 is 1.24 bits per heavy atom. The van der Waals surface area contributed by atoms with Gasteiger partial charge in [-0.3, -0.25) is 9.78 Å². The van der Waals surface area contributed by atoms with Crippen molar-refractivity contribution in [3.05, 3.63) is 42.1 Å². The molecule has 0 unspecified atom stereocenters. The van der Waals surface area contributed by atoms with E-state index >= 15 is 0 Å². The maximum atomic E-state index is 12.7. The van der Waals surface area contributed by atoms with Crippen molar-refractivity contribution in [2.24, 2.45) is 5.73 Å². The van der Waals surface area contributed by atoms with Gasteiger partial charge in [0.25, 0.3) is 5.91 Å². The Labute approximate surface area is 128 Å². The zero-order valence-electron chi connectivity index (χ0n) is 11.6. The molecule has 0 radical (unpaired) electrons. The van der Waals surface area contributed by atoms with E-state index in [2.05, 4.69) is 10.3 Å². The molecule has 0 aliphatic heterocycles. The van der Waals surface area contributed by atoms with Crippen LogP contribution in [0.5, 0.6) is 0 Å². The second kappa shape index (κ2) is 5.41. The van der Waals surface area contributed by atoms with E-state index in [1.807, 2.05) is 24.3 Å². The first-order valence-electron chi connectivity index (χ1n) is 7.09. The number of benzene rings is 1. The molecular formula is C16H17N3OS. The molecule has 1 aliphatic carbocycles. The predicted molar refractivity (Wildman–Crippen MR) is 87.2 cm³/mol. The molecule has 1 heterocycles. The van der Waals surface area contributed by atoms with Crippen LogP contribution in [0.2, 0.25) is 0 Å². The third-order valence-corrected chi connectivity index (χ3v) is 4.55. The van der Waals surface area contributed by atoms with Gasteiger partial charge in [-0.25, -0.2) is 0 Å². The van der Waals surface area contributed by atoms with Gasteiger partial charge in [-0.2, -0.15) is 0 Å². The molecule has 3 N–H and O–H groups in total. The van der Waals surface area contributed by atoms with Crippen molar-refractivity contribution in [3.63, 3.8) is 0 Å². The summed E-state index contributed by atoms with van der Waals surface area (Å²) in [5, 5.41) is 4.00. The summed E-state index contributed by atoms with van der Waals surface area (Å²) in [6.07, 6.45) is 5.38. The van der Waals surface area contributed by atoms with E-state index in [1.54, 1.807) is 12.3 Å². The SMILES string of the molecule is NC(=S)C1(NC(=O)c2cccc3cccnc23)CCCC1. The molecule has 1 fully saturated rings. The monoisotopic (exact) mass is 299 g/mol. The minimum absolute atomic E-state index is 0.158. The molecule has 1 aromatic carbocycles. The first kappa shape index (κ1) is 13.9. The highest BCUT2D eigenvalue weighted by molar-refractivity contribution is 7.80. The fourth-order valence-corrected chi connectivity index (χ4v) is 3.24. The van der Waals surface area contributed by atoms with Gasteiger partial charge in [-0.1, -0.05) is 43.3 Å². The number of fused-ring (bicyclic) bond motifs is 1. The molecule has 0 spiro atoms. The Morgan fingerprint density at radius 2 is 1.95 bits per heavy atom. The molecule has 0 bridgehead atoms. The number of rotatable bonds is 3. The van der Waals surface area contributed by atoms with E-state index in [1.165, 1.54) is 0 Å². The zero-order valence-corrected chi connectivity index (χ0v) is 12.5. The number of nitrogens with zero attached hydrogens (tertiary/aromatic N) is 1. The van der Waals surface area contributed by atoms with Gasteiger partial charge in [0.15, 0.2) is 0 Å². The van der Waals surface area contributed by atoms with E-state index in [0.717, 1.165) is 31.1 Å². The van der Waals surface area contributed by atoms with Crippen LogP contribution in [0.15, 0.2) is 36.5 Å². The van der Waals surface area contributed by atoms with Crippen LogP contribution in [0.1, 0.15) is 36.0 Å². The van der Waals surface area contributed by atoms with Gasteiger partial charge in [-0.15, -0.1) is 0 Å². The van der Waals surface area contributed by atoms with Gasteiger partial charge in [0.05, 0.1) is 21.6 Å². The van der Waals surface area contributed by atoms with Crippen molar-refractivity contribution in [2.45, 2.75) is 31.2 Å². The van der Waals surface area contributed by atoms with Crippen molar-refractivity contribution in [2.75, 3.05) is 0 Å². The third kappa shape index (κ3) is 2.49. The average molecular weight is 299 g/mol. The minimum atomic E-state index is -0.538. The Bertz CT molecular complexity index is 702. The summed E-state index contributed by atoms with van der Waals surface area (Å²) in [4.78, 5) is 17.4. The number of carbonyl (C=O) groups is 1. The van der Waals surface area contributed by atoms with Crippen LogP contribution < -0.4 is 11.1 Å². The molecule has 1 aliphatic rings. The molecule has 1 amide bonds. The molecule has 4 nitrogen and oxygen atoms in total. The maximum absolute atomic E-state index is 12.7. The summed E-state index contributed by atoms with van der Waals surface area (Å²) in [7, 11) is 0. The largest absolute Gasteiger partial charge is 0.391 e. The number of nitrogens with two attached hydrogens (primary N) is 1. The first-order chi connectivity index (χ1) is 10.1. The Balaban J connectivity index is 1.96. The highest BCUT2D eigenvalue weighted by Crippen LogP contribution is 2.30. The fourth-order valence-electron chi connectivity index (χ4n) is 2.98. The van der Waals surface area contributed by atoms with Gasteiger partial charge in [-0.05, 0) is 25.0 Å². The summed E-state index contributed by atoms with van der Waals surface area (Å²) < 4.78 is 0. The minimum Gasteiger partial charge on any atom is -0.391 e. The lowest BCUT2D eigenvalue weighted by molar-refractivity contribution is 0.0926. The number of amides is 1. The number of thiocarbonyl (C=S) groups is 1. The van der Waals surface area contributed by atoms with Crippen LogP contribution in [-0.4, -0.2) is 21.4 Å². The van der Waals surface area contributed by atoms with E-state index in [0.29, 0.717) is 16.1 Å². The zero-order chi connectivity index (χ0) is 14.9. The smallest absolute Gasteiger partial charge is 0.254 e. The van der Waals surface area contributed by atoms with Gasteiger partial charge in [0.2, 0.25) is 0 Å². The first-order valence-corrected chi connectivity index (χ1v) is 7.49. The van der Waals surface area contributed by atoms with Crippen molar-refractivity contribution < 1.29 is 4.79 Å². The molecule has 108 valence electrons. The van der Waals surface area contributed by atoms with Crippen molar-refractivity contribution in [1.82, 2.24) is 10.3 Å². The number of nitrogens with one attached hydrogen (secondary N) is 1. The summed E-state index contributed by atoms with van der Waals surface area (Å²) in [6, 6.07) is 9.39. The van der Waals surface area contributed by atoms with Gasteiger partial charge in [0.1, 0.15) is 0 Å². The lowest BCUT2D eigenvalue weighted by atomic mass is 9.96. The summed E-state index contributed by atoms with van der Waals surface area (Å²) in [5.41, 5.74) is 6.60. The second-order valence-corrected chi connectivity index (χ2v) is 5.93. The average Bonchev–Trinajstić information content (AvgIpc) is 2.96. The van der Waals surface area contributed by atoms with Crippen LogP contribution >= 0.6 is 12.2 Å². The second-order valence-electron chi connectivity index (χ2n) is 5.49. The molecule has 3 rings (SSSR count). The summed E-state index contributed by atoms with van der Waals surface area (Å²) in [5.74, 6) is -0.158. The number of hydrogen-bond donors (Lipinski definition) is 2. The highest BCUT2D eigenvalue weighted by Gasteiger charge is 2.38. The summed E-state index contributed by atoms with van der Waals surface area (Å²) >= 11 is 5.18. The Morgan fingerprint density at radius 3 is 2.67 bits per heavy atom. The maximum Gasteiger partial charge on any atom is 0.254 e. The predicted octanol–water partition coefficient (Wildman–Crippen LogP) is 2.56. The van der Waals surface area contributed by atoms with Gasteiger partial charge < -0.3 is 11.1 Å². The molecule has 2 aromatic rings. The highest BCUT2D eigenvalue weighted by atomic mass is 32.1. The standard InChI is InChI=1S/C16H17N3OS/c17-15(21)16(8-1-2-9-16)19-14(20)12-7-3-5-11-6-4-10-18-13(11)12/h3-7,10H,1-2,8-9H2,(H2,17,21)(H,19,20). The fraction of sp³-hybridized carbons (Fsp3) is 0.312. The number of aromatic nitrogens is 1. The van der Waals surface area contributed by atoms with E-state index in [-0.39, 0.29) is 5.91 Å². The molecule has 0 atom stereocenters. The van der Waals surface area contributed by atoms with Crippen molar-refractivity contribution in [1.29, 1.82) is 0 Å². The van der Waals surface area contributed by atoms with Crippen molar-refractivity contribution in [3.8, 4) is 0 Å².